The molecule has 1 N–H and O–H groups in total. The van der Waals surface area contributed by atoms with Gasteiger partial charge in [0, 0.05) is 5.41 Å². The molecule has 36 heavy (non-hydrogen) atoms. The molecule has 2 aromatic carbocycles. The third kappa shape index (κ3) is 4.31. The summed E-state index contributed by atoms with van der Waals surface area (Å²) in [6.45, 7) is 6.70. The van der Waals surface area contributed by atoms with Crippen molar-refractivity contribution in [1.82, 2.24) is 9.79 Å². The van der Waals surface area contributed by atoms with Crippen molar-refractivity contribution in [2.45, 2.75) is 65.1 Å². The zero-order valence-corrected chi connectivity index (χ0v) is 22.1. The molecule has 2 aromatic rings. The first kappa shape index (κ1) is 25.2. The summed E-state index contributed by atoms with van der Waals surface area (Å²) in [6.07, 6.45) is 6.86. The molecule has 1 aliphatic heterocycles. The maximum absolute atomic E-state index is 13.9. The van der Waals surface area contributed by atoms with Crippen LogP contribution in [0, 0.1) is 23.7 Å². The predicted octanol–water partition coefficient (Wildman–Crippen LogP) is 4.86. The number of amides is 1. The van der Waals surface area contributed by atoms with Gasteiger partial charge in [-0.3, -0.25) is 9.63 Å². The highest BCUT2D eigenvalue weighted by Gasteiger charge is 2.72. The molecule has 7 heteroatoms. The quantitative estimate of drug-likeness (QED) is 0.516. The van der Waals surface area contributed by atoms with Crippen LogP contribution in [0.25, 0.3) is 6.08 Å². The number of nitrogens with zero attached hydrogens (tertiary/aromatic N) is 1. The highest BCUT2D eigenvalue weighted by molar-refractivity contribution is 7.90. The lowest BCUT2D eigenvalue weighted by Crippen LogP contribution is -2.51. The summed E-state index contributed by atoms with van der Waals surface area (Å²) in [5.41, 5.74) is 5.65. The molecule has 4 atom stereocenters. The summed E-state index contributed by atoms with van der Waals surface area (Å²) in [5.74, 6) is 0.105. The zero-order chi connectivity index (χ0) is 25.6. The van der Waals surface area contributed by atoms with Gasteiger partial charge in [-0.05, 0) is 55.1 Å². The topological polar surface area (TPSA) is 75.7 Å². The number of benzene rings is 2. The van der Waals surface area contributed by atoms with Crippen molar-refractivity contribution in [3.8, 4) is 0 Å². The Morgan fingerprint density at radius 3 is 2.58 bits per heavy atom. The first-order valence-corrected chi connectivity index (χ1v) is 14.5. The number of hydrogen-bond acceptors (Lipinski definition) is 5. The van der Waals surface area contributed by atoms with Crippen LogP contribution in [0.1, 0.15) is 56.2 Å². The zero-order valence-electron chi connectivity index (χ0n) is 21.3. The second-order valence-electron chi connectivity index (χ2n) is 11.2. The SMILES string of the molecule is Cc1ccc(/C=C/C[C@H](NOCc2ccccc2)C(=O)N2[C@@H]3C[C@H]4CC[C@]3(CS2(=O)=O)C4(C)C)cc1. The molecule has 2 saturated carbocycles. The fourth-order valence-electron chi connectivity index (χ4n) is 6.75. The Bertz CT molecular complexity index is 1240. The van der Waals surface area contributed by atoms with E-state index in [1.807, 2.05) is 73.7 Å². The van der Waals surface area contributed by atoms with Gasteiger partial charge in [-0.2, -0.15) is 5.48 Å². The molecule has 6 nitrogen and oxygen atoms in total. The summed E-state index contributed by atoms with van der Waals surface area (Å²) >= 11 is 0. The van der Waals surface area contributed by atoms with Crippen LogP contribution in [-0.2, 0) is 26.3 Å². The largest absolute Gasteiger partial charge is 0.296 e. The lowest BCUT2D eigenvalue weighted by Gasteiger charge is -2.37. The minimum Gasteiger partial charge on any atom is -0.296 e. The predicted molar refractivity (Wildman–Crippen MR) is 141 cm³/mol. The third-order valence-electron chi connectivity index (χ3n) is 8.99. The van der Waals surface area contributed by atoms with Gasteiger partial charge < -0.3 is 0 Å². The van der Waals surface area contributed by atoms with Crippen molar-refractivity contribution in [1.29, 1.82) is 0 Å². The van der Waals surface area contributed by atoms with E-state index in [9.17, 15) is 13.2 Å². The van der Waals surface area contributed by atoms with E-state index in [1.165, 1.54) is 9.87 Å². The van der Waals surface area contributed by atoms with Gasteiger partial charge in [-0.25, -0.2) is 12.7 Å². The molecular formula is C29H36N2O4S. The van der Waals surface area contributed by atoms with Gasteiger partial charge in [0.2, 0.25) is 10.0 Å². The van der Waals surface area contributed by atoms with Gasteiger partial charge in [0.1, 0.15) is 6.04 Å². The number of hydroxylamine groups is 1. The fraction of sp³-hybridized carbons (Fsp3) is 0.483. The normalized spacial score (nSPS) is 28.5. The van der Waals surface area contributed by atoms with Crippen LogP contribution in [0.4, 0.5) is 0 Å². The Hall–Kier alpha value is -2.48. The summed E-state index contributed by atoms with van der Waals surface area (Å²) in [5, 5.41) is 0. The van der Waals surface area contributed by atoms with Crippen molar-refractivity contribution in [3.05, 3.63) is 77.4 Å². The molecule has 1 saturated heterocycles. The Kier molecular flexibility index (Phi) is 6.60. The summed E-state index contributed by atoms with van der Waals surface area (Å²) in [4.78, 5) is 19.6. The van der Waals surface area contributed by atoms with E-state index in [0.717, 1.165) is 30.4 Å². The van der Waals surface area contributed by atoms with E-state index in [4.69, 9.17) is 4.84 Å². The van der Waals surface area contributed by atoms with Crippen molar-refractivity contribution in [2.24, 2.45) is 16.7 Å². The molecule has 5 rings (SSSR count). The highest BCUT2D eigenvalue weighted by Crippen LogP contribution is 2.70. The minimum atomic E-state index is -3.70. The number of rotatable bonds is 8. The monoisotopic (exact) mass is 508 g/mol. The summed E-state index contributed by atoms with van der Waals surface area (Å²) in [7, 11) is -3.70. The first-order chi connectivity index (χ1) is 17.1. The third-order valence-corrected chi connectivity index (χ3v) is 10.9. The van der Waals surface area contributed by atoms with Crippen LogP contribution < -0.4 is 5.48 Å². The van der Waals surface area contributed by atoms with Crippen LogP contribution in [0.3, 0.4) is 0 Å². The van der Waals surface area contributed by atoms with Crippen molar-refractivity contribution in [2.75, 3.05) is 5.75 Å². The molecule has 192 valence electrons. The number of fused-ring (bicyclic) bond motifs is 1. The molecule has 1 heterocycles. The molecule has 1 spiro atoms. The minimum absolute atomic E-state index is 0.0662. The standard InChI is InChI=1S/C29H36N2O4S/c1-21-12-14-22(15-13-21)10-7-11-25(30-35-19-23-8-5-4-6-9-23)27(32)31-26-18-24-16-17-29(26,28(24,2)3)20-36(31,33)34/h4-10,12-15,24-26,30H,11,16-20H2,1-3H3/b10-7+/t24-,25+,26-,29-/m1/s1. The van der Waals surface area contributed by atoms with Crippen LogP contribution >= 0.6 is 0 Å². The first-order valence-electron chi connectivity index (χ1n) is 12.8. The van der Waals surface area contributed by atoms with Gasteiger partial charge in [-0.1, -0.05) is 86.2 Å². The number of sulfonamides is 1. The second-order valence-corrected chi connectivity index (χ2v) is 13.1. The number of carbonyl (C=O) groups excluding carboxylic acids is 1. The summed E-state index contributed by atoms with van der Waals surface area (Å²) < 4.78 is 28.1. The van der Waals surface area contributed by atoms with Gasteiger partial charge in [0.15, 0.2) is 0 Å². The Morgan fingerprint density at radius 1 is 1.17 bits per heavy atom. The maximum Gasteiger partial charge on any atom is 0.256 e. The van der Waals surface area contributed by atoms with Crippen molar-refractivity contribution in [3.63, 3.8) is 0 Å². The molecular weight excluding hydrogens is 472 g/mol. The van der Waals surface area contributed by atoms with E-state index in [1.54, 1.807) is 0 Å². The van der Waals surface area contributed by atoms with Crippen LogP contribution in [0.2, 0.25) is 0 Å². The Labute approximate surface area is 214 Å². The van der Waals surface area contributed by atoms with Crippen molar-refractivity contribution < 1.29 is 18.0 Å². The van der Waals surface area contributed by atoms with Gasteiger partial charge in [0.05, 0.1) is 18.4 Å². The number of carbonyl (C=O) groups is 1. The molecule has 0 radical (unpaired) electrons. The number of nitrogens with one attached hydrogen (secondary N) is 1. The van der Waals surface area contributed by atoms with Crippen LogP contribution in [-0.4, -0.2) is 36.5 Å². The van der Waals surface area contributed by atoms with Crippen LogP contribution in [0.15, 0.2) is 60.7 Å². The van der Waals surface area contributed by atoms with E-state index >= 15 is 0 Å². The fourth-order valence-corrected chi connectivity index (χ4v) is 9.33. The average molecular weight is 509 g/mol. The van der Waals surface area contributed by atoms with Crippen LogP contribution in [0.5, 0.6) is 0 Å². The molecule has 3 aliphatic rings. The summed E-state index contributed by atoms with van der Waals surface area (Å²) in [6, 6.07) is 16.7. The number of hydrogen-bond donors (Lipinski definition) is 1. The average Bonchev–Trinajstić information content (AvgIpc) is 3.32. The number of aryl methyl sites for hydroxylation is 1. The Balaban J connectivity index is 1.36. The molecule has 0 aromatic heterocycles. The van der Waals surface area contributed by atoms with E-state index < -0.39 is 22.0 Å². The van der Waals surface area contributed by atoms with E-state index in [0.29, 0.717) is 12.3 Å². The molecule has 1 amide bonds. The highest BCUT2D eigenvalue weighted by atomic mass is 32.2. The lowest BCUT2D eigenvalue weighted by atomic mass is 9.69. The molecule has 0 unspecified atom stereocenters. The molecule has 3 fully saturated rings. The van der Waals surface area contributed by atoms with Gasteiger partial charge >= 0.3 is 0 Å². The van der Waals surface area contributed by atoms with Gasteiger partial charge in [0.25, 0.3) is 5.91 Å². The van der Waals surface area contributed by atoms with E-state index in [2.05, 4.69) is 19.3 Å². The smallest absolute Gasteiger partial charge is 0.256 e. The second kappa shape index (κ2) is 9.43. The molecule has 2 bridgehead atoms. The van der Waals surface area contributed by atoms with Gasteiger partial charge in [-0.15, -0.1) is 0 Å². The lowest BCUT2D eigenvalue weighted by molar-refractivity contribution is -0.136. The molecule has 2 aliphatic carbocycles. The maximum atomic E-state index is 13.9. The van der Waals surface area contributed by atoms with E-state index in [-0.39, 0.29) is 29.2 Å². The van der Waals surface area contributed by atoms with Crippen molar-refractivity contribution >= 4 is 22.0 Å². The Morgan fingerprint density at radius 2 is 1.89 bits per heavy atom.